The van der Waals surface area contributed by atoms with Crippen LogP contribution in [-0.4, -0.2) is 21.1 Å². The van der Waals surface area contributed by atoms with Crippen LogP contribution in [0.15, 0.2) is 23.1 Å². The largest absolute Gasteiger partial charge is 0.328 e. The van der Waals surface area contributed by atoms with Gasteiger partial charge < -0.3 is 4.98 Å². The summed E-state index contributed by atoms with van der Waals surface area (Å²) in [6, 6.07) is 3.07. The molecule has 2 heterocycles. The number of aryl methyl sites for hydroxylation is 1. The van der Waals surface area contributed by atoms with E-state index in [4.69, 9.17) is 0 Å². The summed E-state index contributed by atoms with van der Waals surface area (Å²) in [4.78, 5) is 25.8. The Hall–Kier alpha value is -2.02. The third-order valence-corrected chi connectivity index (χ3v) is 3.39. The summed E-state index contributed by atoms with van der Waals surface area (Å²) in [6.07, 6.45) is 4.46. The molecule has 0 saturated carbocycles. The van der Waals surface area contributed by atoms with Gasteiger partial charge in [-0.25, -0.2) is 0 Å². The summed E-state index contributed by atoms with van der Waals surface area (Å²) in [7, 11) is 0. The number of unbranched alkanes of at least 4 members (excludes halogenated alkanes) is 1. The van der Waals surface area contributed by atoms with E-state index in [2.05, 4.69) is 27.4 Å². The Balaban J connectivity index is 2.05. The van der Waals surface area contributed by atoms with Crippen LogP contribution in [-0.2, 0) is 6.42 Å². The number of nitrogens with one attached hydrogen (secondary N) is 2. The Kier molecular flexibility index (Phi) is 4.40. The number of carbonyl (C=O) groups is 1. The second kappa shape index (κ2) is 6.24. The molecule has 0 bridgehead atoms. The standard InChI is InChI=1S/C12H14N4O2S/c1-2-3-6-9-15-16-12(19-9)14-11(18)8-5-4-7-13-10(8)17/h4-5,7H,2-3,6H2,1H3,(H,13,17)(H,14,16,18). The maximum Gasteiger partial charge on any atom is 0.263 e. The lowest BCUT2D eigenvalue weighted by molar-refractivity contribution is 0.102. The Morgan fingerprint density at radius 1 is 1.47 bits per heavy atom. The van der Waals surface area contributed by atoms with Crippen LogP contribution in [0.3, 0.4) is 0 Å². The topological polar surface area (TPSA) is 87.7 Å². The molecule has 0 unspecified atom stereocenters. The molecule has 0 aliphatic carbocycles. The predicted molar refractivity (Wildman–Crippen MR) is 73.5 cm³/mol. The van der Waals surface area contributed by atoms with Gasteiger partial charge in [-0.05, 0) is 18.6 Å². The number of hydrogen-bond donors (Lipinski definition) is 2. The fourth-order valence-electron chi connectivity index (χ4n) is 1.50. The molecule has 19 heavy (non-hydrogen) atoms. The summed E-state index contributed by atoms with van der Waals surface area (Å²) in [5.41, 5.74) is -0.358. The molecule has 0 spiro atoms. The third kappa shape index (κ3) is 3.47. The summed E-state index contributed by atoms with van der Waals surface area (Å²) >= 11 is 1.34. The van der Waals surface area contributed by atoms with E-state index in [1.807, 2.05) is 0 Å². The molecule has 0 fully saturated rings. The normalized spacial score (nSPS) is 10.4. The molecular formula is C12H14N4O2S. The molecule has 7 heteroatoms. The predicted octanol–water partition coefficient (Wildman–Crippen LogP) is 1.82. The van der Waals surface area contributed by atoms with Crippen LogP contribution < -0.4 is 10.9 Å². The summed E-state index contributed by atoms with van der Waals surface area (Å²) in [5.74, 6) is -0.472. The van der Waals surface area contributed by atoms with Gasteiger partial charge in [-0.15, -0.1) is 10.2 Å². The van der Waals surface area contributed by atoms with Crippen molar-refractivity contribution < 1.29 is 4.79 Å². The van der Waals surface area contributed by atoms with Crippen molar-refractivity contribution in [2.24, 2.45) is 0 Å². The zero-order valence-corrected chi connectivity index (χ0v) is 11.3. The number of amides is 1. The van der Waals surface area contributed by atoms with Crippen LogP contribution in [0, 0.1) is 0 Å². The van der Waals surface area contributed by atoms with Crippen molar-refractivity contribution in [3.05, 3.63) is 39.3 Å². The molecule has 1 amide bonds. The highest BCUT2D eigenvalue weighted by atomic mass is 32.1. The molecule has 0 radical (unpaired) electrons. The van der Waals surface area contributed by atoms with Gasteiger partial charge in [0.05, 0.1) is 0 Å². The number of aromatic amines is 1. The van der Waals surface area contributed by atoms with E-state index in [9.17, 15) is 9.59 Å². The average molecular weight is 278 g/mol. The van der Waals surface area contributed by atoms with E-state index in [1.54, 1.807) is 6.07 Å². The number of pyridine rings is 1. The van der Waals surface area contributed by atoms with Crippen LogP contribution in [0.1, 0.15) is 35.1 Å². The van der Waals surface area contributed by atoms with E-state index in [0.29, 0.717) is 5.13 Å². The summed E-state index contributed by atoms with van der Waals surface area (Å²) in [5, 5.41) is 11.8. The first kappa shape index (κ1) is 13.4. The van der Waals surface area contributed by atoms with Crippen LogP contribution in [0.5, 0.6) is 0 Å². The van der Waals surface area contributed by atoms with Crippen LogP contribution in [0.4, 0.5) is 5.13 Å². The van der Waals surface area contributed by atoms with Crippen molar-refractivity contribution in [3.8, 4) is 0 Å². The van der Waals surface area contributed by atoms with Gasteiger partial charge in [0, 0.05) is 12.6 Å². The van der Waals surface area contributed by atoms with E-state index < -0.39 is 11.5 Å². The lowest BCUT2D eigenvalue weighted by Gasteiger charge is -1.98. The highest BCUT2D eigenvalue weighted by Gasteiger charge is 2.12. The molecule has 100 valence electrons. The van der Waals surface area contributed by atoms with Crippen LogP contribution in [0.2, 0.25) is 0 Å². The van der Waals surface area contributed by atoms with Crippen molar-refractivity contribution >= 4 is 22.4 Å². The number of H-pyrrole nitrogens is 1. The third-order valence-electron chi connectivity index (χ3n) is 2.49. The van der Waals surface area contributed by atoms with Crippen LogP contribution >= 0.6 is 11.3 Å². The lowest BCUT2D eigenvalue weighted by atomic mass is 10.3. The van der Waals surface area contributed by atoms with Gasteiger partial charge in [0.1, 0.15) is 10.6 Å². The first-order valence-electron chi connectivity index (χ1n) is 6.02. The number of aromatic nitrogens is 3. The van der Waals surface area contributed by atoms with Crippen molar-refractivity contribution in [2.45, 2.75) is 26.2 Å². The summed E-state index contributed by atoms with van der Waals surface area (Å²) in [6.45, 7) is 2.10. The first-order chi connectivity index (χ1) is 9.20. The van der Waals surface area contributed by atoms with E-state index in [1.165, 1.54) is 23.6 Å². The minimum atomic E-state index is -0.472. The highest BCUT2D eigenvalue weighted by molar-refractivity contribution is 7.15. The average Bonchev–Trinajstić information content (AvgIpc) is 2.84. The molecule has 2 rings (SSSR count). The number of hydrogen-bond acceptors (Lipinski definition) is 5. The Morgan fingerprint density at radius 3 is 3.05 bits per heavy atom. The van der Waals surface area contributed by atoms with Crippen LogP contribution in [0.25, 0.3) is 0 Å². The van der Waals surface area contributed by atoms with Gasteiger partial charge in [0.2, 0.25) is 5.13 Å². The fraction of sp³-hybridized carbons (Fsp3) is 0.333. The molecule has 2 aromatic heterocycles. The molecule has 0 saturated heterocycles. The molecular weight excluding hydrogens is 264 g/mol. The van der Waals surface area contributed by atoms with Crippen molar-refractivity contribution in [1.82, 2.24) is 15.2 Å². The van der Waals surface area contributed by atoms with E-state index in [-0.39, 0.29) is 5.56 Å². The monoisotopic (exact) mass is 278 g/mol. The number of anilines is 1. The van der Waals surface area contributed by atoms with Crippen molar-refractivity contribution in [2.75, 3.05) is 5.32 Å². The zero-order chi connectivity index (χ0) is 13.7. The maximum atomic E-state index is 11.9. The zero-order valence-electron chi connectivity index (χ0n) is 10.5. The molecule has 0 aliphatic rings. The van der Waals surface area contributed by atoms with Gasteiger partial charge in [-0.1, -0.05) is 24.7 Å². The highest BCUT2D eigenvalue weighted by Crippen LogP contribution is 2.17. The Morgan fingerprint density at radius 2 is 2.32 bits per heavy atom. The number of rotatable bonds is 5. The minimum Gasteiger partial charge on any atom is -0.328 e. The van der Waals surface area contributed by atoms with Crippen molar-refractivity contribution in [3.63, 3.8) is 0 Å². The number of carbonyl (C=O) groups excluding carboxylic acids is 1. The second-order valence-electron chi connectivity index (χ2n) is 3.97. The smallest absolute Gasteiger partial charge is 0.263 e. The first-order valence-corrected chi connectivity index (χ1v) is 6.83. The number of nitrogens with zero attached hydrogens (tertiary/aromatic N) is 2. The quantitative estimate of drug-likeness (QED) is 0.873. The van der Waals surface area contributed by atoms with Gasteiger partial charge in [0.15, 0.2) is 0 Å². The van der Waals surface area contributed by atoms with Gasteiger partial charge in [0.25, 0.3) is 11.5 Å². The van der Waals surface area contributed by atoms with Gasteiger partial charge >= 0.3 is 0 Å². The molecule has 2 aromatic rings. The Bertz CT molecular complexity index is 620. The molecule has 6 nitrogen and oxygen atoms in total. The van der Waals surface area contributed by atoms with E-state index in [0.717, 1.165) is 24.3 Å². The van der Waals surface area contributed by atoms with Gasteiger partial charge in [-0.3, -0.25) is 14.9 Å². The molecule has 2 N–H and O–H groups in total. The van der Waals surface area contributed by atoms with E-state index >= 15 is 0 Å². The molecule has 0 aromatic carbocycles. The maximum absolute atomic E-state index is 11.9. The molecule has 0 aliphatic heterocycles. The molecule has 0 atom stereocenters. The SMILES string of the molecule is CCCCc1nnc(NC(=O)c2ccc[nH]c2=O)s1. The Labute approximate surface area is 113 Å². The minimum absolute atomic E-state index is 0.0628. The second-order valence-corrected chi connectivity index (χ2v) is 5.03. The van der Waals surface area contributed by atoms with Gasteiger partial charge in [-0.2, -0.15) is 0 Å². The summed E-state index contributed by atoms with van der Waals surface area (Å²) < 4.78 is 0. The fourth-order valence-corrected chi connectivity index (χ4v) is 2.27. The lowest BCUT2D eigenvalue weighted by Crippen LogP contribution is -2.22. The van der Waals surface area contributed by atoms with Crippen molar-refractivity contribution in [1.29, 1.82) is 0 Å².